The number of urea groups is 1. The molecule has 1 fully saturated rings. The van der Waals surface area contributed by atoms with Gasteiger partial charge < -0.3 is 21.3 Å². The number of hydrogen-bond acceptors (Lipinski definition) is 2. The van der Waals surface area contributed by atoms with Crippen molar-refractivity contribution >= 4 is 41.7 Å². The molecule has 28 heavy (non-hydrogen) atoms. The first-order valence-corrected chi connectivity index (χ1v) is 10.4. The first-order chi connectivity index (χ1) is 13.2. The maximum Gasteiger partial charge on any atom is 0.321 e. The lowest BCUT2D eigenvalue weighted by Gasteiger charge is -2.16. The monoisotopic (exact) mass is 501 g/mol. The second-order valence-corrected chi connectivity index (χ2v) is 7.22. The van der Waals surface area contributed by atoms with Gasteiger partial charge in [0.05, 0.1) is 6.54 Å². The van der Waals surface area contributed by atoms with Gasteiger partial charge in [0.25, 0.3) is 0 Å². The summed E-state index contributed by atoms with van der Waals surface area (Å²) in [6.45, 7) is 5.29. The number of hydrogen-bond donors (Lipinski definition) is 3. The van der Waals surface area contributed by atoms with Crippen LogP contribution in [0.5, 0.6) is 0 Å². The lowest BCUT2D eigenvalue weighted by atomic mass is 10.1. The molecule has 0 unspecified atom stereocenters. The van der Waals surface area contributed by atoms with E-state index in [2.05, 4.69) is 22.5 Å². The molecule has 0 atom stereocenters. The molecule has 1 heterocycles. The molecule has 0 aromatic heterocycles. The molecule has 1 aliphatic heterocycles. The van der Waals surface area contributed by atoms with E-state index in [0.29, 0.717) is 12.5 Å². The smallest absolute Gasteiger partial charge is 0.321 e. The van der Waals surface area contributed by atoms with Crippen LogP contribution < -0.4 is 16.4 Å². The van der Waals surface area contributed by atoms with Crippen LogP contribution in [0.15, 0.2) is 29.3 Å². The van der Waals surface area contributed by atoms with E-state index < -0.39 is 0 Å². The van der Waals surface area contributed by atoms with E-state index in [-0.39, 0.29) is 30.0 Å². The van der Waals surface area contributed by atoms with E-state index >= 15 is 0 Å². The van der Waals surface area contributed by atoms with Crippen LogP contribution in [0.2, 0.25) is 0 Å². The molecule has 158 valence electrons. The molecule has 0 radical (unpaired) electrons. The van der Waals surface area contributed by atoms with Crippen molar-refractivity contribution in [2.24, 2.45) is 10.7 Å². The number of likely N-dealkylation sites (tertiary alicyclic amines) is 1. The molecule has 6 nitrogen and oxygen atoms in total. The van der Waals surface area contributed by atoms with E-state index in [1.807, 2.05) is 29.2 Å². The molecule has 1 aromatic rings. The number of unbranched alkanes of at least 4 members (excludes halogenated alkanes) is 5. The number of anilines is 1. The lowest BCUT2D eigenvalue weighted by Crippen LogP contribution is -2.32. The summed E-state index contributed by atoms with van der Waals surface area (Å²) >= 11 is 0. The number of amides is 2. The number of guanidine groups is 1. The fourth-order valence-electron chi connectivity index (χ4n) is 3.22. The largest absolute Gasteiger partial charge is 0.370 e. The van der Waals surface area contributed by atoms with Crippen LogP contribution in [0.1, 0.15) is 63.9 Å². The molecule has 1 aromatic carbocycles. The molecule has 0 bridgehead atoms. The maximum absolute atomic E-state index is 12.2. The van der Waals surface area contributed by atoms with E-state index in [9.17, 15) is 4.79 Å². The van der Waals surface area contributed by atoms with Crippen molar-refractivity contribution in [2.45, 2.75) is 64.8 Å². The van der Waals surface area contributed by atoms with Crippen LogP contribution in [0.4, 0.5) is 10.5 Å². The van der Waals surface area contributed by atoms with Gasteiger partial charge in [-0.25, -0.2) is 9.79 Å². The third kappa shape index (κ3) is 9.61. The molecule has 0 saturated carbocycles. The van der Waals surface area contributed by atoms with Crippen molar-refractivity contribution in [3.8, 4) is 0 Å². The number of benzene rings is 1. The molecular weight excluding hydrogens is 465 g/mol. The van der Waals surface area contributed by atoms with Gasteiger partial charge >= 0.3 is 6.03 Å². The van der Waals surface area contributed by atoms with Gasteiger partial charge in [-0.2, -0.15) is 0 Å². The second kappa shape index (κ2) is 14.5. The average Bonchev–Trinajstić information content (AvgIpc) is 3.21. The average molecular weight is 501 g/mol. The Labute approximate surface area is 186 Å². The van der Waals surface area contributed by atoms with E-state index in [0.717, 1.165) is 50.1 Å². The number of rotatable bonds is 10. The summed E-state index contributed by atoms with van der Waals surface area (Å²) in [4.78, 5) is 18.4. The third-order valence-electron chi connectivity index (χ3n) is 4.84. The molecule has 4 N–H and O–H groups in total. The van der Waals surface area contributed by atoms with Crippen LogP contribution in [-0.2, 0) is 6.54 Å². The topological polar surface area (TPSA) is 82.7 Å². The zero-order valence-corrected chi connectivity index (χ0v) is 19.4. The van der Waals surface area contributed by atoms with E-state index in [4.69, 9.17) is 5.73 Å². The van der Waals surface area contributed by atoms with Crippen LogP contribution in [0, 0.1) is 0 Å². The Bertz CT molecular complexity index is 602. The Hall–Kier alpha value is -1.51. The van der Waals surface area contributed by atoms with Crippen molar-refractivity contribution in [3.05, 3.63) is 29.8 Å². The summed E-state index contributed by atoms with van der Waals surface area (Å²) in [6.07, 6.45) is 9.76. The number of halogens is 1. The number of nitrogens with zero attached hydrogens (tertiary/aromatic N) is 2. The summed E-state index contributed by atoms with van der Waals surface area (Å²) in [5.41, 5.74) is 7.78. The summed E-state index contributed by atoms with van der Waals surface area (Å²) in [7, 11) is 0. The Kier molecular flexibility index (Phi) is 12.7. The third-order valence-corrected chi connectivity index (χ3v) is 4.84. The van der Waals surface area contributed by atoms with Crippen molar-refractivity contribution in [1.82, 2.24) is 10.2 Å². The molecule has 0 aliphatic carbocycles. The van der Waals surface area contributed by atoms with E-state index in [1.54, 1.807) is 0 Å². The summed E-state index contributed by atoms with van der Waals surface area (Å²) in [5, 5.41) is 6.15. The Balaban J connectivity index is 0.00000392. The summed E-state index contributed by atoms with van der Waals surface area (Å²) in [6, 6.07) is 7.77. The molecule has 1 aliphatic rings. The standard InChI is InChI=1S/C21H35N5O.HI/c1-2-3-4-5-6-7-13-23-20(22)24-17-18-11-10-12-19(16-18)25-21(27)26-14-8-9-15-26;/h10-12,16H,2-9,13-15,17H2,1H3,(H,25,27)(H3,22,23,24);1H. The number of nitrogens with one attached hydrogen (secondary N) is 2. The van der Waals surface area contributed by atoms with Gasteiger partial charge in [-0.3, -0.25) is 0 Å². The van der Waals surface area contributed by atoms with Crippen molar-refractivity contribution in [1.29, 1.82) is 0 Å². The van der Waals surface area contributed by atoms with Crippen molar-refractivity contribution in [3.63, 3.8) is 0 Å². The first-order valence-electron chi connectivity index (χ1n) is 10.4. The highest BCUT2D eigenvalue weighted by Crippen LogP contribution is 2.14. The highest BCUT2D eigenvalue weighted by Gasteiger charge is 2.17. The number of aliphatic imine (C=N–C) groups is 1. The van der Waals surface area contributed by atoms with Gasteiger partial charge in [-0.05, 0) is 37.0 Å². The van der Waals surface area contributed by atoms with Crippen LogP contribution in [-0.4, -0.2) is 36.5 Å². The Morgan fingerprint density at radius 3 is 2.61 bits per heavy atom. The fraction of sp³-hybridized carbons (Fsp3) is 0.619. The van der Waals surface area contributed by atoms with Gasteiger partial charge in [0.2, 0.25) is 0 Å². The molecule has 2 amide bonds. The fourth-order valence-corrected chi connectivity index (χ4v) is 3.22. The molecule has 2 rings (SSSR count). The normalized spacial score (nSPS) is 13.9. The molecule has 0 spiro atoms. The number of carbonyl (C=O) groups is 1. The highest BCUT2D eigenvalue weighted by molar-refractivity contribution is 14.0. The predicted molar refractivity (Wildman–Crippen MR) is 128 cm³/mol. The van der Waals surface area contributed by atoms with E-state index in [1.165, 1.54) is 32.1 Å². The van der Waals surface area contributed by atoms with Crippen LogP contribution >= 0.6 is 24.0 Å². The summed E-state index contributed by atoms with van der Waals surface area (Å²) in [5.74, 6) is 0.482. The van der Waals surface area contributed by atoms with Gasteiger partial charge in [0.1, 0.15) is 0 Å². The van der Waals surface area contributed by atoms with Gasteiger partial charge in [-0.15, -0.1) is 24.0 Å². The first kappa shape index (κ1) is 24.5. The van der Waals surface area contributed by atoms with Gasteiger partial charge in [-0.1, -0.05) is 51.2 Å². The Morgan fingerprint density at radius 1 is 1.14 bits per heavy atom. The number of nitrogens with two attached hydrogens (primary N) is 1. The highest BCUT2D eigenvalue weighted by atomic mass is 127. The zero-order chi connectivity index (χ0) is 19.3. The minimum Gasteiger partial charge on any atom is -0.370 e. The second-order valence-electron chi connectivity index (χ2n) is 7.22. The Morgan fingerprint density at radius 2 is 1.86 bits per heavy atom. The van der Waals surface area contributed by atoms with Crippen molar-refractivity contribution in [2.75, 3.05) is 25.0 Å². The zero-order valence-electron chi connectivity index (χ0n) is 17.1. The quantitative estimate of drug-likeness (QED) is 0.188. The van der Waals surface area contributed by atoms with Crippen LogP contribution in [0.3, 0.4) is 0 Å². The SMILES string of the molecule is CCCCCCCCNC(N)=NCc1cccc(NC(=O)N2CCCC2)c1.I. The molecular formula is C21H36IN5O. The summed E-state index contributed by atoms with van der Waals surface area (Å²) < 4.78 is 0. The van der Waals surface area contributed by atoms with Gasteiger partial charge in [0, 0.05) is 25.3 Å². The van der Waals surface area contributed by atoms with Crippen LogP contribution in [0.25, 0.3) is 0 Å². The van der Waals surface area contributed by atoms with Crippen molar-refractivity contribution < 1.29 is 4.79 Å². The predicted octanol–water partition coefficient (Wildman–Crippen LogP) is 4.70. The minimum absolute atomic E-state index is 0. The molecule has 1 saturated heterocycles. The lowest BCUT2D eigenvalue weighted by molar-refractivity contribution is 0.222. The number of carbonyl (C=O) groups excluding carboxylic acids is 1. The van der Waals surface area contributed by atoms with Gasteiger partial charge in [0.15, 0.2) is 5.96 Å². The minimum atomic E-state index is -0.0201. The molecule has 7 heteroatoms. The maximum atomic E-state index is 12.2.